The summed E-state index contributed by atoms with van der Waals surface area (Å²) in [5, 5.41) is 10.9. The number of aromatic nitrogens is 2. The highest BCUT2D eigenvalue weighted by molar-refractivity contribution is 6.30. The van der Waals surface area contributed by atoms with Gasteiger partial charge in [-0.25, -0.2) is 0 Å². The van der Waals surface area contributed by atoms with Crippen LogP contribution >= 0.6 is 24.0 Å². The van der Waals surface area contributed by atoms with Crippen molar-refractivity contribution in [3.63, 3.8) is 0 Å². The molecule has 124 valence electrons. The predicted octanol–water partition coefficient (Wildman–Crippen LogP) is 2.98. The van der Waals surface area contributed by atoms with Gasteiger partial charge in [0.2, 0.25) is 0 Å². The van der Waals surface area contributed by atoms with E-state index in [9.17, 15) is 4.79 Å². The zero-order valence-electron chi connectivity index (χ0n) is 12.9. The predicted molar refractivity (Wildman–Crippen MR) is 94.3 cm³/mol. The monoisotopic (exact) mass is 354 g/mol. The fourth-order valence-corrected chi connectivity index (χ4v) is 3.07. The Bertz CT molecular complexity index is 674. The number of benzene rings is 1. The molecule has 2 N–H and O–H groups in total. The molecule has 1 amide bonds. The number of carbonyl (C=O) groups excluding carboxylic acids is 1. The van der Waals surface area contributed by atoms with Crippen molar-refractivity contribution >= 4 is 29.9 Å². The van der Waals surface area contributed by atoms with Gasteiger partial charge in [-0.2, -0.15) is 5.10 Å². The molecule has 0 spiro atoms. The number of hydrogen-bond donors (Lipinski definition) is 2. The van der Waals surface area contributed by atoms with Crippen molar-refractivity contribution in [1.29, 1.82) is 0 Å². The van der Waals surface area contributed by atoms with E-state index in [1.807, 2.05) is 36.2 Å². The van der Waals surface area contributed by atoms with Crippen LogP contribution in [0.1, 0.15) is 23.2 Å². The van der Waals surface area contributed by atoms with Gasteiger partial charge in [-0.15, -0.1) is 12.4 Å². The van der Waals surface area contributed by atoms with Crippen LogP contribution in [0, 0.1) is 0 Å². The molecule has 2 heterocycles. The van der Waals surface area contributed by atoms with Crippen LogP contribution < -0.4 is 5.32 Å². The second-order valence-electron chi connectivity index (χ2n) is 5.55. The molecule has 0 bridgehead atoms. The van der Waals surface area contributed by atoms with Crippen molar-refractivity contribution in [2.75, 3.05) is 20.1 Å². The third-order valence-corrected chi connectivity index (χ3v) is 4.33. The molecule has 0 radical (unpaired) electrons. The van der Waals surface area contributed by atoms with Crippen LogP contribution in [0.2, 0.25) is 5.02 Å². The van der Waals surface area contributed by atoms with E-state index in [0.717, 1.165) is 37.2 Å². The van der Waals surface area contributed by atoms with Crippen LogP contribution in [0.5, 0.6) is 0 Å². The molecule has 1 aliphatic heterocycles. The summed E-state index contributed by atoms with van der Waals surface area (Å²) in [6.07, 6.45) is 3.72. The first-order valence-electron chi connectivity index (χ1n) is 7.45. The number of likely N-dealkylation sites (tertiary alicyclic amines) is 1. The van der Waals surface area contributed by atoms with Crippen molar-refractivity contribution in [3.05, 3.63) is 41.0 Å². The molecule has 1 aliphatic rings. The molecule has 5 nitrogen and oxygen atoms in total. The Morgan fingerprint density at radius 1 is 1.48 bits per heavy atom. The van der Waals surface area contributed by atoms with E-state index in [0.29, 0.717) is 16.6 Å². The quantitative estimate of drug-likeness (QED) is 0.890. The van der Waals surface area contributed by atoms with Crippen molar-refractivity contribution in [2.45, 2.75) is 18.9 Å². The molecule has 7 heteroatoms. The number of halogens is 2. The van der Waals surface area contributed by atoms with E-state index < -0.39 is 0 Å². The van der Waals surface area contributed by atoms with Gasteiger partial charge in [0.25, 0.3) is 5.91 Å². The second-order valence-corrected chi connectivity index (χ2v) is 5.98. The second kappa shape index (κ2) is 7.81. The summed E-state index contributed by atoms with van der Waals surface area (Å²) in [5.41, 5.74) is 2.19. The minimum atomic E-state index is 0. The first kappa shape index (κ1) is 17.8. The molecule has 1 saturated heterocycles. The van der Waals surface area contributed by atoms with Gasteiger partial charge in [-0.1, -0.05) is 23.7 Å². The van der Waals surface area contributed by atoms with Crippen LogP contribution in [0.3, 0.4) is 0 Å². The largest absolute Gasteiger partial charge is 0.337 e. The summed E-state index contributed by atoms with van der Waals surface area (Å²) in [6, 6.07) is 7.79. The SMILES string of the molecule is CNC1CCCN(C(=O)c2cn[nH]c2-c2cccc(Cl)c2)C1.Cl. The Morgan fingerprint density at radius 3 is 3.04 bits per heavy atom. The Kier molecular flexibility index (Phi) is 6.04. The molecule has 2 aromatic rings. The summed E-state index contributed by atoms with van der Waals surface area (Å²) >= 11 is 6.04. The Balaban J connectivity index is 0.00000192. The lowest BCUT2D eigenvalue weighted by molar-refractivity contribution is 0.0699. The highest BCUT2D eigenvalue weighted by Crippen LogP contribution is 2.25. The van der Waals surface area contributed by atoms with Crippen LogP contribution in [-0.2, 0) is 0 Å². The van der Waals surface area contributed by atoms with Gasteiger partial charge in [0.15, 0.2) is 0 Å². The van der Waals surface area contributed by atoms with E-state index in [2.05, 4.69) is 15.5 Å². The number of carbonyl (C=O) groups is 1. The number of hydrogen-bond acceptors (Lipinski definition) is 3. The Hall–Kier alpha value is -1.56. The molecule has 0 aliphatic carbocycles. The number of aromatic amines is 1. The number of amides is 1. The maximum atomic E-state index is 12.8. The highest BCUT2D eigenvalue weighted by Gasteiger charge is 2.26. The summed E-state index contributed by atoms with van der Waals surface area (Å²) in [7, 11) is 1.94. The van der Waals surface area contributed by atoms with Crippen molar-refractivity contribution in [2.24, 2.45) is 0 Å². The van der Waals surface area contributed by atoms with E-state index in [1.165, 1.54) is 0 Å². The highest BCUT2D eigenvalue weighted by atomic mass is 35.5. The number of H-pyrrole nitrogens is 1. The fraction of sp³-hybridized carbons (Fsp3) is 0.375. The number of rotatable bonds is 3. The van der Waals surface area contributed by atoms with E-state index in [-0.39, 0.29) is 18.3 Å². The Labute approximate surface area is 146 Å². The lowest BCUT2D eigenvalue weighted by Gasteiger charge is -2.32. The summed E-state index contributed by atoms with van der Waals surface area (Å²) < 4.78 is 0. The van der Waals surface area contributed by atoms with Crippen LogP contribution in [0.25, 0.3) is 11.3 Å². The minimum absolute atomic E-state index is 0. The van der Waals surface area contributed by atoms with E-state index in [1.54, 1.807) is 6.20 Å². The molecule has 1 aromatic heterocycles. The number of nitrogens with zero attached hydrogens (tertiary/aromatic N) is 2. The summed E-state index contributed by atoms with van der Waals surface area (Å²) in [5.74, 6) is 0.0173. The van der Waals surface area contributed by atoms with Gasteiger partial charge in [0.1, 0.15) is 0 Å². The van der Waals surface area contributed by atoms with Gasteiger partial charge in [0.05, 0.1) is 17.5 Å². The maximum absolute atomic E-state index is 12.8. The van der Waals surface area contributed by atoms with Crippen LogP contribution in [0.15, 0.2) is 30.5 Å². The molecule has 0 saturated carbocycles. The number of likely N-dealkylation sites (N-methyl/N-ethyl adjacent to an activating group) is 1. The molecule has 1 aromatic carbocycles. The average Bonchev–Trinajstić information content (AvgIpc) is 3.04. The summed E-state index contributed by atoms with van der Waals surface area (Å²) in [6.45, 7) is 1.52. The van der Waals surface area contributed by atoms with E-state index >= 15 is 0 Å². The van der Waals surface area contributed by atoms with Crippen molar-refractivity contribution in [1.82, 2.24) is 20.4 Å². The third-order valence-electron chi connectivity index (χ3n) is 4.10. The Morgan fingerprint density at radius 2 is 2.30 bits per heavy atom. The zero-order valence-corrected chi connectivity index (χ0v) is 14.5. The van der Waals surface area contributed by atoms with Gasteiger partial charge in [-0.05, 0) is 32.0 Å². The molecule has 23 heavy (non-hydrogen) atoms. The van der Waals surface area contributed by atoms with E-state index in [4.69, 9.17) is 11.6 Å². The molecule has 1 atom stereocenters. The van der Waals surface area contributed by atoms with Crippen molar-refractivity contribution in [3.8, 4) is 11.3 Å². The molecular formula is C16H20Cl2N4O. The average molecular weight is 355 g/mol. The van der Waals surface area contributed by atoms with Crippen LogP contribution in [0.4, 0.5) is 0 Å². The maximum Gasteiger partial charge on any atom is 0.257 e. The van der Waals surface area contributed by atoms with Gasteiger partial charge in [-0.3, -0.25) is 9.89 Å². The minimum Gasteiger partial charge on any atom is -0.337 e. The molecule has 1 fully saturated rings. The van der Waals surface area contributed by atoms with Gasteiger partial charge >= 0.3 is 0 Å². The van der Waals surface area contributed by atoms with Gasteiger partial charge < -0.3 is 10.2 Å². The van der Waals surface area contributed by atoms with Crippen LogP contribution in [-0.4, -0.2) is 47.2 Å². The van der Waals surface area contributed by atoms with Gasteiger partial charge in [0, 0.05) is 29.7 Å². The molecular weight excluding hydrogens is 335 g/mol. The fourth-order valence-electron chi connectivity index (χ4n) is 2.88. The number of nitrogens with one attached hydrogen (secondary N) is 2. The molecule has 1 unspecified atom stereocenters. The standard InChI is InChI=1S/C16H19ClN4O.ClH/c1-18-13-6-3-7-21(10-13)16(22)14-9-19-20-15(14)11-4-2-5-12(17)8-11;/h2,4-5,8-9,13,18H,3,6-7,10H2,1H3,(H,19,20);1H. The molecule has 3 rings (SSSR count). The number of piperidine rings is 1. The zero-order chi connectivity index (χ0) is 15.5. The third kappa shape index (κ3) is 3.86. The summed E-state index contributed by atoms with van der Waals surface area (Å²) in [4.78, 5) is 14.7. The van der Waals surface area contributed by atoms with Crippen molar-refractivity contribution < 1.29 is 4.79 Å². The first-order chi connectivity index (χ1) is 10.7. The lowest BCUT2D eigenvalue weighted by atomic mass is 10.0. The smallest absolute Gasteiger partial charge is 0.257 e. The topological polar surface area (TPSA) is 61.0 Å². The first-order valence-corrected chi connectivity index (χ1v) is 7.82. The normalized spacial score (nSPS) is 17.7. The lowest BCUT2D eigenvalue weighted by Crippen LogP contribution is -2.47.